The first-order valence-electron chi connectivity index (χ1n) is 12.6. The standard InChI is InChI=1S/C29H31ClN2O6/c1-3-4-8-24(32-16-18(2)11-21(29(32)36)12-19-6-5-7-22(30)13-19)28(35)31-23(15-27(33)34)20-9-10-25-26(14-20)38-17-37-25/h5-7,9-11,13-14,16,23-24H,3-4,8,12,15,17H2,1-2H3,(H,31,35)(H,33,34)/t23-,24?/m0/s1. The van der Waals surface area contributed by atoms with E-state index in [1.807, 2.05) is 38.1 Å². The second kappa shape index (κ2) is 12.2. The molecule has 0 aliphatic carbocycles. The average molecular weight is 539 g/mol. The van der Waals surface area contributed by atoms with Crippen LogP contribution in [-0.4, -0.2) is 28.3 Å². The fraction of sp³-hybridized carbons (Fsp3) is 0.345. The van der Waals surface area contributed by atoms with E-state index in [1.165, 1.54) is 4.57 Å². The zero-order chi connectivity index (χ0) is 27.2. The van der Waals surface area contributed by atoms with Crippen molar-refractivity contribution in [2.45, 2.75) is 58.0 Å². The minimum Gasteiger partial charge on any atom is -0.481 e. The molecule has 0 fully saturated rings. The lowest BCUT2D eigenvalue weighted by Crippen LogP contribution is -2.40. The molecule has 200 valence electrons. The van der Waals surface area contributed by atoms with Gasteiger partial charge in [0.2, 0.25) is 12.7 Å². The van der Waals surface area contributed by atoms with Gasteiger partial charge in [-0.15, -0.1) is 0 Å². The maximum atomic E-state index is 13.7. The number of benzene rings is 2. The van der Waals surface area contributed by atoms with Crippen molar-refractivity contribution >= 4 is 23.5 Å². The number of aromatic nitrogens is 1. The molecule has 0 bridgehead atoms. The maximum absolute atomic E-state index is 13.7. The number of carbonyl (C=O) groups excluding carboxylic acids is 1. The van der Waals surface area contributed by atoms with Gasteiger partial charge in [0.1, 0.15) is 6.04 Å². The molecular formula is C29H31ClN2O6. The SMILES string of the molecule is CCCCC(C(=O)N[C@@H](CC(=O)O)c1ccc2c(c1)OCO2)n1cc(C)cc(Cc2cccc(Cl)c2)c1=O. The van der Waals surface area contributed by atoms with Crippen molar-refractivity contribution in [2.75, 3.05) is 6.79 Å². The summed E-state index contributed by atoms with van der Waals surface area (Å²) in [5.41, 5.74) is 2.61. The molecule has 0 saturated carbocycles. The Morgan fingerprint density at radius 1 is 1.13 bits per heavy atom. The zero-order valence-corrected chi connectivity index (χ0v) is 22.2. The number of carboxylic acid groups (broad SMARTS) is 1. The zero-order valence-electron chi connectivity index (χ0n) is 21.4. The monoisotopic (exact) mass is 538 g/mol. The summed E-state index contributed by atoms with van der Waals surface area (Å²) in [6.07, 6.45) is 3.73. The fourth-order valence-corrected chi connectivity index (χ4v) is 4.87. The number of carbonyl (C=O) groups is 2. The highest BCUT2D eigenvalue weighted by molar-refractivity contribution is 6.30. The van der Waals surface area contributed by atoms with Crippen LogP contribution in [0.3, 0.4) is 0 Å². The summed E-state index contributed by atoms with van der Waals surface area (Å²) < 4.78 is 12.3. The van der Waals surface area contributed by atoms with Crippen molar-refractivity contribution in [3.05, 3.63) is 92.4 Å². The van der Waals surface area contributed by atoms with E-state index in [4.69, 9.17) is 21.1 Å². The van der Waals surface area contributed by atoms with E-state index in [1.54, 1.807) is 30.5 Å². The van der Waals surface area contributed by atoms with Crippen molar-refractivity contribution in [1.29, 1.82) is 0 Å². The molecule has 1 amide bonds. The number of amides is 1. The van der Waals surface area contributed by atoms with E-state index >= 15 is 0 Å². The van der Waals surface area contributed by atoms with E-state index < -0.39 is 24.0 Å². The number of rotatable bonds is 11. The molecule has 0 spiro atoms. The van der Waals surface area contributed by atoms with E-state index in [0.29, 0.717) is 40.5 Å². The first-order valence-corrected chi connectivity index (χ1v) is 13.0. The summed E-state index contributed by atoms with van der Waals surface area (Å²) in [5.74, 6) is -0.415. The second-order valence-electron chi connectivity index (χ2n) is 9.49. The number of fused-ring (bicyclic) bond motifs is 1. The van der Waals surface area contributed by atoms with E-state index in [0.717, 1.165) is 24.0 Å². The van der Waals surface area contributed by atoms with Crippen LogP contribution >= 0.6 is 11.6 Å². The summed E-state index contributed by atoms with van der Waals surface area (Å²) in [5, 5.41) is 13.0. The number of hydrogen-bond donors (Lipinski definition) is 2. The Kier molecular flexibility index (Phi) is 8.73. The van der Waals surface area contributed by atoms with Crippen molar-refractivity contribution in [3.8, 4) is 11.5 Å². The Morgan fingerprint density at radius 3 is 2.66 bits per heavy atom. The van der Waals surface area contributed by atoms with Gasteiger partial charge in [0.15, 0.2) is 11.5 Å². The number of hydrogen-bond acceptors (Lipinski definition) is 5. The number of ether oxygens (including phenoxy) is 2. The molecule has 0 radical (unpaired) electrons. The van der Waals surface area contributed by atoms with Gasteiger partial charge in [-0.25, -0.2) is 0 Å². The topological polar surface area (TPSA) is 107 Å². The van der Waals surface area contributed by atoms with Gasteiger partial charge in [-0.1, -0.05) is 49.6 Å². The average Bonchev–Trinajstić information content (AvgIpc) is 3.34. The number of unbranched alkanes of at least 4 members (excludes halogenated alkanes) is 1. The third-order valence-electron chi connectivity index (χ3n) is 6.50. The number of pyridine rings is 1. The lowest BCUT2D eigenvalue weighted by molar-refractivity contribution is -0.138. The van der Waals surface area contributed by atoms with Crippen LogP contribution in [0.2, 0.25) is 5.02 Å². The van der Waals surface area contributed by atoms with Gasteiger partial charge in [-0.2, -0.15) is 0 Å². The molecule has 38 heavy (non-hydrogen) atoms. The molecule has 1 aliphatic rings. The normalized spacial score (nSPS) is 13.7. The Balaban J connectivity index is 1.66. The summed E-state index contributed by atoms with van der Waals surface area (Å²) in [6.45, 7) is 3.98. The van der Waals surface area contributed by atoms with Crippen molar-refractivity contribution in [3.63, 3.8) is 0 Å². The Hall–Kier alpha value is -3.78. The molecule has 1 aromatic heterocycles. The predicted molar refractivity (Wildman–Crippen MR) is 144 cm³/mol. The molecule has 1 aliphatic heterocycles. The molecule has 4 rings (SSSR count). The van der Waals surface area contributed by atoms with Crippen LogP contribution in [0, 0.1) is 6.92 Å². The molecular weight excluding hydrogens is 508 g/mol. The van der Waals surface area contributed by atoms with Crippen LogP contribution in [0.15, 0.2) is 59.5 Å². The molecule has 2 atom stereocenters. The van der Waals surface area contributed by atoms with Crippen LogP contribution in [0.25, 0.3) is 0 Å². The van der Waals surface area contributed by atoms with E-state index in [2.05, 4.69) is 5.32 Å². The molecule has 0 saturated heterocycles. The first-order chi connectivity index (χ1) is 18.2. The number of aryl methyl sites for hydroxylation is 1. The number of halogens is 1. The third kappa shape index (κ3) is 6.55. The Morgan fingerprint density at radius 2 is 1.92 bits per heavy atom. The van der Waals surface area contributed by atoms with Gasteiger partial charge >= 0.3 is 5.97 Å². The van der Waals surface area contributed by atoms with Gasteiger partial charge in [-0.05, 0) is 60.4 Å². The quantitative estimate of drug-likeness (QED) is 0.348. The van der Waals surface area contributed by atoms with E-state index in [9.17, 15) is 19.5 Å². The smallest absolute Gasteiger partial charge is 0.305 e. The van der Waals surface area contributed by atoms with E-state index in [-0.39, 0.29) is 18.8 Å². The third-order valence-corrected chi connectivity index (χ3v) is 6.74. The number of nitrogens with zero attached hydrogens (tertiary/aromatic N) is 1. The summed E-state index contributed by atoms with van der Waals surface area (Å²) in [7, 11) is 0. The second-order valence-corrected chi connectivity index (χ2v) is 9.93. The number of carboxylic acids is 1. The van der Waals surface area contributed by atoms with Crippen molar-refractivity contribution < 1.29 is 24.2 Å². The minimum absolute atomic E-state index is 0.0850. The van der Waals surface area contributed by atoms with Crippen LogP contribution in [0.5, 0.6) is 11.5 Å². The van der Waals surface area contributed by atoms with Crippen molar-refractivity contribution in [1.82, 2.24) is 9.88 Å². The summed E-state index contributed by atoms with van der Waals surface area (Å²) >= 11 is 6.14. The van der Waals surface area contributed by atoms with Gasteiger partial charge < -0.3 is 24.5 Å². The van der Waals surface area contributed by atoms with Crippen LogP contribution < -0.4 is 20.3 Å². The molecule has 2 heterocycles. The van der Waals surface area contributed by atoms with Gasteiger partial charge in [0, 0.05) is 23.2 Å². The van der Waals surface area contributed by atoms with Gasteiger partial charge in [-0.3, -0.25) is 14.4 Å². The van der Waals surface area contributed by atoms with Crippen LogP contribution in [-0.2, 0) is 16.0 Å². The lowest BCUT2D eigenvalue weighted by Gasteiger charge is -2.25. The Labute approximate surface area is 226 Å². The molecule has 2 N–H and O–H groups in total. The first kappa shape index (κ1) is 27.3. The van der Waals surface area contributed by atoms with Gasteiger partial charge in [0.25, 0.3) is 5.56 Å². The molecule has 1 unspecified atom stereocenters. The fourth-order valence-electron chi connectivity index (χ4n) is 4.66. The highest BCUT2D eigenvalue weighted by Crippen LogP contribution is 2.35. The number of aliphatic carboxylic acids is 1. The van der Waals surface area contributed by atoms with Crippen molar-refractivity contribution in [2.24, 2.45) is 0 Å². The highest BCUT2D eigenvalue weighted by atomic mass is 35.5. The molecule has 8 nitrogen and oxygen atoms in total. The predicted octanol–water partition coefficient (Wildman–Crippen LogP) is 5.19. The van der Waals surface area contributed by atoms with Crippen LogP contribution in [0.4, 0.5) is 0 Å². The highest BCUT2D eigenvalue weighted by Gasteiger charge is 2.27. The minimum atomic E-state index is -1.06. The van der Waals surface area contributed by atoms with Crippen LogP contribution in [0.1, 0.15) is 66.9 Å². The number of nitrogens with one attached hydrogen (secondary N) is 1. The maximum Gasteiger partial charge on any atom is 0.305 e. The molecule has 9 heteroatoms. The molecule has 3 aromatic rings. The molecule has 2 aromatic carbocycles. The largest absolute Gasteiger partial charge is 0.481 e. The summed E-state index contributed by atoms with van der Waals surface area (Å²) in [6, 6.07) is 12.6. The summed E-state index contributed by atoms with van der Waals surface area (Å²) in [4.78, 5) is 39.0. The Bertz CT molecular complexity index is 1390. The lowest BCUT2D eigenvalue weighted by atomic mass is 10.0. The van der Waals surface area contributed by atoms with Gasteiger partial charge in [0.05, 0.1) is 12.5 Å².